The molecule has 0 saturated carbocycles. The van der Waals surface area contributed by atoms with E-state index in [4.69, 9.17) is 9.47 Å². The monoisotopic (exact) mass is 679 g/mol. The van der Waals surface area contributed by atoms with Gasteiger partial charge >= 0.3 is 5.69 Å². The van der Waals surface area contributed by atoms with E-state index in [1.807, 2.05) is 95.9 Å². The predicted molar refractivity (Wildman–Crippen MR) is 192 cm³/mol. The van der Waals surface area contributed by atoms with Gasteiger partial charge in [-0.15, -0.1) is 12.4 Å². The third-order valence-electron chi connectivity index (χ3n) is 8.23. The summed E-state index contributed by atoms with van der Waals surface area (Å²) in [5.74, 6) is 0.955. The smallest absolute Gasteiger partial charge is 0.332 e. The zero-order chi connectivity index (χ0) is 33.5. The highest BCUT2D eigenvalue weighted by Gasteiger charge is 2.19. The van der Waals surface area contributed by atoms with Crippen molar-refractivity contribution in [3.05, 3.63) is 159 Å². The largest absolute Gasteiger partial charge is 0.485 e. The van der Waals surface area contributed by atoms with Gasteiger partial charge in [0, 0.05) is 39.3 Å². The number of carbonyl (C=O) groups is 1. The maximum Gasteiger partial charge on any atom is 0.332 e. The van der Waals surface area contributed by atoms with E-state index in [0.29, 0.717) is 61.1 Å². The van der Waals surface area contributed by atoms with Crippen molar-refractivity contribution in [2.45, 2.75) is 26.3 Å². The van der Waals surface area contributed by atoms with E-state index in [9.17, 15) is 14.4 Å². The summed E-state index contributed by atoms with van der Waals surface area (Å²) in [6.45, 7) is 2.17. The summed E-state index contributed by atoms with van der Waals surface area (Å²) in [6, 6.07) is 34.9. The van der Waals surface area contributed by atoms with Gasteiger partial charge in [-0.25, -0.2) is 9.78 Å². The van der Waals surface area contributed by atoms with Gasteiger partial charge in [-0.1, -0.05) is 91.0 Å². The minimum absolute atomic E-state index is 0. The number of ether oxygens (including phenoxy) is 2. The van der Waals surface area contributed by atoms with Crippen molar-refractivity contribution in [2.75, 3.05) is 13.1 Å². The Morgan fingerprint density at radius 1 is 0.735 bits per heavy atom. The van der Waals surface area contributed by atoms with E-state index in [0.717, 1.165) is 21.3 Å². The highest BCUT2D eigenvalue weighted by atomic mass is 35.5. The Bertz CT molecular complexity index is 2130. The number of carbonyl (C=O) groups excluding carboxylic acids is 1. The molecule has 0 unspecified atom stereocenters. The van der Waals surface area contributed by atoms with Crippen molar-refractivity contribution < 1.29 is 14.3 Å². The number of fused-ring (bicyclic) bond motifs is 1. The van der Waals surface area contributed by atoms with Crippen LogP contribution in [-0.4, -0.2) is 42.5 Å². The van der Waals surface area contributed by atoms with Crippen LogP contribution in [0.4, 0.5) is 0 Å². The Morgan fingerprint density at radius 2 is 1.31 bits per heavy atom. The molecule has 0 radical (unpaired) electrons. The maximum atomic E-state index is 13.9. The molecule has 0 fully saturated rings. The van der Waals surface area contributed by atoms with Crippen LogP contribution in [0.5, 0.6) is 11.5 Å². The van der Waals surface area contributed by atoms with Gasteiger partial charge in [-0.2, -0.15) is 0 Å². The Kier molecular flexibility index (Phi) is 11.5. The second-order valence-corrected chi connectivity index (χ2v) is 11.6. The normalized spacial score (nSPS) is 11.0. The lowest BCUT2D eigenvalue weighted by Crippen LogP contribution is -2.38. The van der Waals surface area contributed by atoms with E-state index >= 15 is 0 Å². The minimum atomic E-state index is -0.433. The van der Waals surface area contributed by atoms with E-state index in [-0.39, 0.29) is 24.7 Å². The van der Waals surface area contributed by atoms with E-state index in [1.165, 1.54) is 11.6 Å². The number of aryl methyl sites for hydroxylation is 1. The molecule has 4 aromatic carbocycles. The summed E-state index contributed by atoms with van der Waals surface area (Å²) < 4.78 is 16.6. The molecule has 0 aliphatic rings. The lowest BCUT2D eigenvalue weighted by atomic mass is 10.1. The quantitative estimate of drug-likeness (QED) is 0.142. The molecular weight excluding hydrogens is 642 g/mol. The van der Waals surface area contributed by atoms with Crippen LogP contribution in [0.15, 0.2) is 125 Å². The lowest BCUT2D eigenvalue weighted by molar-refractivity contribution is 0.0922. The van der Waals surface area contributed by atoms with Crippen LogP contribution >= 0.6 is 12.4 Å². The van der Waals surface area contributed by atoms with Gasteiger partial charge in [0.2, 0.25) is 0 Å². The molecule has 0 spiro atoms. The number of benzene rings is 4. The van der Waals surface area contributed by atoms with E-state index in [2.05, 4.69) is 4.98 Å². The third-order valence-corrected chi connectivity index (χ3v) is 8.23. The molecule has 252 valence electrons. The number of imidazole rings is 1. The Hall–Kier alpha value is -5.45. The van der Waals surface area contributed by atoms with Crippen molar-refractivity contribution in [3.63, 3.8) is 0 Å². The number of Topliss-reactive ketones (excluding diaryl/α,β-unsaturated/α-hetero) is 1. The van der Waals surface area contributed by atoms with Gasteiger partial charge in [-0.3, -0.25) is 23.6 Å². The first-order valence-electron chi connectivity index (χ1n) is 15.7. The summed E-state index contributed by atoms with van der Waals surface area (Å²) in [4.78, 5) is 45.7. The van der Waals surface area contributed by atoms with Crippen molar-refractivity contribution in [2.24, 2.45) is 14.1 Å². The highest BCUT2D eigenvalue weighted by Crippen LogP contribution is 2.30. The van der Waals surface area contributed by atoms with Crippen molar-refractivity contribution >= 4 is 29.4 Å². The average Bonchev–Trinajstić information content (AvgIpc) is 3.56. The Balaban J connectivity index is 0.00000468. The molecule has 10 nitrogen and oxygen atoms in total. The van der Waals surface area contributed by atoms with Crippen LogP contribution in [0.25, 0.3) is 11.2 Å². The molecule has 49 heavy (non-hydrogen) atoms. The fourth-order valence-corrected chi connectivity index (χ4v) is 5.55. The molecule has 2 aromatic heterocycles. The fourth-order valence-electron chi connectivity index (χ4n) is 5.55. The lowest BCUT2D eigenvalue weighted by Gasteiger charge is -2.22. The first-order chi connectivity index (χ1) is 23.4. The second kappa shape index (κ2) is 16.1. The SMILES string of the molecule is Cl.Cn1c(=O)c2c(ncn2CCN(CC(=O)c2ccc(OCc3ccccc3)c(OCc3ccccc3)c2)Cc2ccccc2)n(C)c1=O. The molecule has 6 aromatic rings. The Labute approximate surface area is 290 Å². The summed E-state index contributed by atoms with van der Waals surface area (Å²) in [5, 5.41) is 0. The van der Waals surface area contributed by atoms with Crippen molar-refractivity contribution in [1.29, 1.82) is 0 Å². The van der Waals surface area contributed by atoms with Gasteiger partial charge < -0.3 is 14.0 Å². The predicted octanol–water partition coefficient (Wildman–Crippen LogP) is 5.40. The molecular formula is C38H38ClN5O5. The molecule has 0 aliphatic heterocycles. The zero-order valence-electron chi connectivity index (χ0n) is 27.4. The van der Waals surface area contributed by atoms with Crippen LogP contribution in [0.3, 0.4) is 0 Å². The first kappa shape index (κ1) is 34.9. The standard InChI is InChI=1S/C38H37N5O5.ClH/c1-40-36-35(37(45)41(2)38(40)46)43(27-39-36)21-20-42(23-28-12-6-3-7-13-28)24-32(44)31-18-19-33(47-25-29-14-8-4-9-15-29)34(22-31)48-26-30-16-10-5-11-17-30;/h3-19,22,27H,20-21,23-26H2,1-2H3;1H. The summed E-state index contributed by atoms with van der Waals surface area (Å²) >= 11 is 0. The van der Waals surface area contributed by atoms with Gasteiger partial charge in [0.1, 0.15) is 13.2 Å². The molecule has 2 heterocycles. The topological polar surface area (TPSA) is 101 Å². The molecule has 11 heteroatoms. The van der Waals surface area contributed by atoms with Crippen molar-refractivity contribution in [1.82, 2.24) is 23.6 Å². The zero-order valence-corrected chi connectivity index (χ0v) is 28.2. The number of hydrogen-bond donors (Lipinski definition) is 0. The first-order valence-corrected chi connectivity index (χ1v) is 15.7. The molecule has 0 saturated heterocycles. The molecule has 0 N–H and O–H groups in total. The van der Waals surface area contributed by atoms with E-state index in [1.54, 1.807) is 36.1 Å². The van der Waals surface area contributed by atoms with Crippen molar-refractivity contribution in [3.8, 4) is 11.5 Å². The van der Waals surface area contributed by atoms with E-state index < -0.39 is 11.2 Å². The van der Waals surface area contributed by atoms with Gasteiger partial charge in [0.15, 0.2) is 28.4 Å². The van der Waals surface area contributed by atoms with Gasteiger partial charge in [-0.05, 0) is 34.9 Å². The maximum absolute atomic E-state index is 13.9. The number of halogens is 1. The molecule has 0 aliphatic carbocycles. The number of ketones is 1. The summed E-state index contributed by atoms with van der Waals surface area (Å²) in [5.41, 5.74) is 3.40. The molecule has 6 rings (SSSR count). The average molecular weight is 680 g/mol. The van der Waals surface area contributed by atoms with Crippen LogP contribution in [-0.2, 0) is 40.4 Å². The molecule has 0 atom stereocenters. The fraction of sp³-hybridized carbons (Fsp3) is 0.211. The van der Waals surface area contributed by atoms with Crippen LogP contribution in [0.2, 0.25) is 0 Å². The number of rotatable bonds is 14. The van der Waals surface area contributed by atoms with Crippen LogP contribution in [0.1, 0.15) is 27.0 Å². The Morgan fingerprint density at radius 3 is 1.92 bits per heavy atom. The van der Waals surface area contributed by atoms with Crippen LogP contribution in [0, 0.1) is 0 Å². The number of nitrogens with zero attached hydrogens (tertiary/aromatic N) is 5. The van der Waals surface area contributed by atoms with Crippen LogP contribution < -0.4 is 20.7 Å². The van der Waals surface area contributed by atoms with Gasteiger partial charge in [0.05, 0.1) is 12.9 Å². The molecule has 0 amide bonds. The highest BCUT2D eigenvalue weighted by molar-refractivity contribution is 5.98. The number of hydrogen-bond acceptors (Lipinski definition) is 7. The summed E-state index contributed by atoms with van der Waals surface area (Å²) in [7, 11) is 3.05. The molecule has 0 bridgehead atoms. The number of aromatic nitrogens is 4. The second-order valence-electron chi connectivity index (χ2n) is 11.6. The van der Waals surface area contributed by atoms with Gasteiger partial charge in [0.25, 0.3) is 5.56 Å². The minimum Gasteiger partial charge on any atom is -0.485 e. The summed E-state index contributed by atoms with van der Waals surface area (Å²) in [6.07, 6.45) is 1.57. The third kappa shape index (κ3) is 8.35.